The van der Waals surface area contributed by atoms with E-state index < -0.39 is 12.7 Å². The minimum Gasteiger partial charge on any atom is -0.356 e. The minimum atomic E-state index is -4.13. The number of likely N-dealkylation sites (tertiary alicyclic amines) is 2. The number of nitrogens with one attached hydrogen (secondary N) is 2. The highest BCUT2D eigenvalue weighted by Crippen LogP contribution is 2.36. The zero-order valence-electron chi connectivity index (χ0n) is 15.6. The van der Waals surface area contributed by atoms with E-state index >= 15 is 0 Å². The van der Waals surface area contributed by atoms with Crippen LogP contribution in [-0.2, 0) is 4.79 Å². The van der Waals surface area contributed by atoms with Crippen LogP contribution < -0.4 is 10.6 Å². The zero-order valence-corrected chi connectivity index (χ0v) is 18.0. The Morgan fingerprint density at radius 2 is 2.19 bits per heavy atom. The van der Waals surface area contributed by atoms with Crippen molar-refractivity contribution in [3.8, 4) is 0 Å². The fourth-order valence-electron chi connectivity index (χ4n) is 4.47. The van der Waals surface area contributed by atoms with Gasteiger partial charge in [-0.3, -0.25) is 14.7 Å². The van der Waals surface area contributed by atoms with Crippen molar-refractivity contribution in [1.82, 2.24) is 20.4 Å². The quantitative estimate of drug-likeness (QED) is 0.350. The number of carbonyl (C=O) groups excluding carboxylic acids is 1. The van der Waals surface area contributed by atoms with E-state index in [9.17, 15) is 18.0 Å². The van der Waals surface area contributed by atoms with E-state index in [0.29, 0.717) is 32.6 Å². The highest BCUT2D eigenvalue weighted by molar-refractivity contribution is 14.0. The molecule has 3 fully saturated rings. The minimum absolute atomic E-state index is 0. The van der Waals surface area contributed by atoms with Crippen LogP contribution in [0.4, 0.5) is 13.2 Å². The van der Waals surface area contributed by atoms with Crippen LogP contribution in [0.5, 0.6) is 0 Å². The van der Waals surface area contributed by atoms with Gasteiger partial charge in [-0.25, -0.2) is 0 Å². The lowest BCUT2D eigenvalue weighted by Gasteiger charge is -2.41. The first-order valence-corrected chi connectivity index (χ1v) is 9.30. The van der Waals surface area contributed by atoms with Crippen molar-refractivity contribution < 1.29 is 18.0 Å². The van der Waals surface area contributed by atoms with Crippen LogP contribution in [0, 0.1) is 11.3 Å². The number of aliphatic imine (C=N–C) groups is 1. The maximum Gasteiger partial charge on any atom is 0.401 e. The number of alkyl halides is 3. The van der Waals surface area contributed by atoms with Crippen molar-refractivity contribution in [2.75, 3.05) is 52.9 Å². The molecule has 0 aromatic heterocycles. The molecule has 3 rings (SSSR count). The van der Waals surface area contributed by atoms with Crippen molar-refractivity contribution in [3.05, 3.63) is 0 Å². The van der Waals surface area contributed by atoms with Crippen molar-refractivity contribution in [3.63, 3.8) is 0 Å². The molecule has 3 heterocycles. The molecular weight excluding hydrogens is 474 g/mol. The van der Waals surface area contributed by atoms with E-state index in [0.717, 1.165) is 38.3 Å². The standard InChI is InChI=1S/C17H28F3N5O.HI/c1-21-15(22-8-13-3-6-24(9-13)12-17(18,19)20)25-5-2-4-16(11-25)7-14(26)23-10-16;/h13H,2-12H2,1H3,(H,21,22)(H,23,26);1H. The molecule has 0 aromatic rings. The summed E-state index contributed by atoms with van der Waals surface area (Å²) in [7, 11) is 1.73. The molecule has 0 saturated carbocycles. The SMILES string of the molecule is CN=C(NCC1CCN(CC(F)(F)F)C1)N1CCCC2(CNC(=O)C2)C1.I. The predicted octanol–water partition coefficient (Wildman–Crippen LogP) is 1.67. The highest BCUT2D eigenvalue weighted by Gasteiger charge is 2.42. The Morgan fingerprint density at radius 3 is 2.81 bits per heavy atom. The fraction of sp³-hybridized carbons (Fsp3) is 0.882. The molecule has 3 aliphatic heterocycles. The van der Waals surface area contributed by atoms with Gasteiger partial charge in [0.05, 0.1) is 6.54 Å². The molecule has 27 heavy (non-hydrogen) atoms. The fourth-order valence-corrected chi connectivity index (χ4v) is 4.47. The van der Waals surface area contributed by atoms with E-state index in [1.807, 2.05) is 0 Å². The van der Waals surface area contributed by atoms with Crippen LogP contribution >= 0.6 is 24.0 Å². The first kappa shape index (κ1) is 22.5. The maximum atomic E-state index is 12.5. The monoisotopic (exact) mass is 503 g/mol. The predicted molar refractivity (Wildman–Crippen MR) is 108 cm³/mol. The molecule has 10 heteroatoms. The third kappa shape index (κ3) is 6.10. The molecule has 0 radical (unpaired) electrons. The molecule has 2 atom stereocenters. The summed E-state index contributed by atoms with van der Waals surface area (Å²) >= 11 is 0. The Labute approximate surface area is 175 Å². The van der Waals surface area contributed by atoms with E-state index in [-0.39, 0.29) is 41.2 Å². The zero-order chi connectivity index (χ0) is 18.8. The lowest BCUT2D eigenvalue weighted by molar-refractivity contribution is -0.143. The van der Waals surface area contributed by atoms with Crippen LogP contribution in [0.15, 0.2) is 4.99 Å². The van der Waals surface area contributed by atoms with Crippen LogP contribution in [-0.4, -0.2) is 80.7 Å². The smallest absolute Gasteiger partial charge is 0.356 e. The molecule has 156 valence electrons. The van der Waals surface area contributed by atoms with Gasteiger partial charge < -0.3 is 15.5 Å². The lowest BCUT2D eigenvalue weighted by atomic mass is 9.79. The molecule has 0 aromatic carbocycles. The van der Waals surface area contributed by atoms with Gasteiger partial charge in [0, 0.05) is 51.6 Å². The van der Waals surface area contributed by atoms with Gasteiger partial charge >= 0.3 is 6.18 Å². The Balaban J connectivity index is 0.00000261. The highest BCUT2D eigenvalue weighted by atomic mass is 127. The summed E-state index contributed by atoms with van der Waals surface area (Å²) in [6, 6.07) is 0. The number of hydrogen-bond donors (Lipinski definition) is 2. The number of carbonyl (C=O) groups is 1. The van der Waals surface area contributed by atoms with E-state index in [1.165, 1.54) is 4.90 Å². The Bertz CT molecular complexity index is 559. The third-order valence-electron chi connectivity index (χ3n) is 5.69. The Hall–Kier alpha value is -0.780. The van der Waals surface area contributed by atoms with Gasteiger partial charge in [-0.2, -0.15) is 13.2 Å². The number of nitrogens with zero attached hydrogens (tertiary/aromatic N) is 3. The second kappa shape index (κ2) is 9.15. The second-order valence-corrected chi connectivity index (χ2v) is 7.91. The van der Waals surface area contributed by atoms with Crippen LogP contribution in [0.25, 0.3) is 0 Å². The summed E-state index contributed by atoms with van der Waals surface area (Å²) < 4.78 is 37.5. The van der Waals surface area contributed by atoms with Crippen LogP contribution in [0.1, 0.15) is 25.7 Å². The summed E-state index contributed by atoms with van der Waals surface area (Å²) in [5.41, 5.74) is -0.0101. The van der Waals surface area contributed by atoms with Crippen LogP contribution in [0.3, 0.4) is 0 Å². The molecule has 3 saturated heterocycles. The molecule has 0 bridgehead atoms. The summed E-state index contributed by atoms with van der Waals surface area (Å²) in [6.07, 6.45) is -0.752. The molecular formula is C17H29F3IN5O. The number of halogens is 4. The van der Waals surface area contributed by atoms with Crippen molar-refractivity contribution in [1.29, 1.82) is 0 Å². The molecule has 3 aliphatic rings. The van der Waals surface area contributed by atoms with Gasteiger partial charge in [0.25, 0.3) is 0 Å². The van der Waals surface area contributed by atoms with Crippen molar-refractivity contribution >= 4 is 35.8 Å². The number of hydrogen-bond acceptors (Lipinski definition) is 3. The first-order chi connectivity index (χ1) is 12.3. The second-order valence-electron chi connectivity index (χ2n) is 7.91. The Kier molecular flexibility index (Phi) is 7.62. The third-order valence-corrected chi connectivity index (χ3v) is 5.69. The van der Waals surface area contributed by atoms with E-state index in [1.54, 1.807) is 7.05 Å². The summed E-state index contributed by atoms with van der Waals surface area (Å²) in [5.74, 6) is 1.10. The summed E-state index contributed by atoms with van der Waals surface area (Å²) in [6.45, 7) is 3.15. The van der Waals surface area contributed by atoms with Gasteiger partial charge in [0.2, 0.25) is 5.91 Å². The van der Waals surface area contributed by atoms with Crippen molar-refractivity contribution in [2.24, 2.45) is 16.3 Å². The van der Waals surface area contributed by atoms with Crippen molar-refractivity contribution in [2.45, 2.75) is 31.9 Å². The first-order valence-electron chi connectivity index (χ1n) is 9.30. The number of piperidine rings is 1. The van der Waals surface area contributed by atoms with Gasteiger partial charge in [0.1, 0.15) is 0 Å². The molecule has 2 unspecified atom stereocenters. The van der Waals surface area contributed by atoms with Gasteiger partial charge in [0.15, 0.2) is 5.96 Å². The number of amides is 1. The van der Waals surface area contributed by atoms with E-state index in [2.05, 4.69) is 20.5 Å². The molecule has 0 aliphatic carbocycles. The van der Waals surface area contributed by atoms with E-state index in [4.69, 9.17) is 0 Å². The average molecular weight is 503 g/mol. The maximum absolute atomic E-state index is 12.5. The van der Waals surface area contributed by atoms with Crippen LogP contribution in [0.2, 0.25) is 0 Å². The summed E-state index contributed by atoms with van der Waals surface area (Å²) in [4.78, 5) is 19.6. The number of rotatable bonds is 3. The summed E-state index contributed by atoms with van der Waals surface area (Å²) in [5, 5.41) is 6.28. The topological polar surface area (TPSA) is 60.0 Å². The Morgan fingerprint density at radius 1 is 1.41 bits per heavy atom. The molecule has 2 N–H and O–H groups in total. The van der Waals surface area contributed by atoms with Gasteiger partial charge in [-0.05, 0) is 31.7 Å². The largest absolute Gasteiger partial charge is 0.401 e. The average Bonchev–Trinajstić information content (AvgIpc) is 3.13. The molecule has 6 nitrogen and oxygen atoms in total. The molecule has 1 spiro atoms. The lowest BCUT2D eigenvalue weighted by Crippen LogP contribution is -2.52. The normalized spacial score (nSPS) is 29.8. The van der Waals surface area contributed by atoms with Gasteiger partial charge in [-0.1, -0.05) is 0 Å². The van der Waals surface area contributed by atoms with Gasteiger partial charge in [-0.15, -0.1) is 24.0 Å². The molecule has 1 amide bonds. The number of guanidine groups is 1.